The van der Waals surface area contributed by atoms with Gasteiger partial charge in [0, 0.05) is 0 Å². The van der Waals surface area contributed by atoms with Crippen LogP contribution in [0.4, 0.5) is 8.78 Å². The van der Waals surface area contributed by atoms with Crippen LogP contribution in [-0.2, 0) is 5.41 Å². The molecule has 0 N–H and O–H groups in total. The largest absolute Gasteiger partial charge is 0.433 e. The van der Waals surface area contributed by atoms with Crippen molar-refractivity contribution in [3.63, 3.8) is 0 Å². The molecule has 0 aromatic heterocycles. The Morgan fingerprint density at radius 3 is 2.19 bits per heavy atom. The van der Waals surface area contributed by atoms with Crippen LogP contribution >= 0.6 is 15.9 Å². The Balaban J connectivity index is 3.18. The van der Waals surface area contributed by atoms with E-state index in [4.69, 9.17) is 0 Å². The van der Waals surface area contributed by atoms with Crippen LogP contribution in [0.25, 0.3) is 0 Å². The maximum Gasteiger partial charge on any atom is 0.387 e. The first-order valence-corrected chi connectivity index (χ1v) is 5.76. The minimum Gasteiger partial charge on any atom is -0.433 e. The molecule has 0 aliphatic carbocycles. The second-order valence-corrected chi connectivity index (χ2v) is 5.59. The van der Waals surface area contributed by atoms with Gasteiger partial charge in [0.2, 0.25) is 0 Å². The third-order valence-electron chi connectivity index (χ3n) is 2.30. The molecule has 4 heteroatoms. The monoisotopic (exact) mass is 292 g/mol. The molecule has 0 heterocycles. The lowest BCUT2D eigenvalue weighted by atomic mass is 9.86. The van der Waals surface area contributed by atoms with E-state index in [1.807, 2.05) is 12.1 Å². The van der Waals surface area contributed by atoms with Gasteiger partial charge in [-0.15, -0.1) is 0 Å². The minimum atomic E-state index is -2.80. The fourth-order valence-electron chi connectivity index (χ4n) is 1.40. The fourth-order valence-corrected chi connectivity index (χ4v) is 2.06. The number of rotatable bonds is 2. The van der Waals surface area contributed by atoms with Gasteiger partial charge in [-0.2, -0.15) is 8.78 Å². The van der Waals surface area contributed by atoms with E-state index >= 15 is 0 Å². The first-order valence-electron chi connectivity index (χ1n) is 4.97. The Labute approximate surface area is 103 Å². The maximum atomic E-state index is 12.2. The summed E-state index contributed by atoms with van der Waals surface area (Å²) in [5, 5.41) is 0. The van der Waals surface area contributed by atoms with Crippen molar-refractivity contribution < 1.29 is 13.5 Å². The summed E-state index contributed by atoms with van der Waals surface area (Å²) >= 11 is 3.26. The number of benzene rings is 1. The van der Waals surface area contributed by atoms with Crippen LogP contribution in [0.15, 0.2) is 16.6 Å². The highest BCUT2D eigenvalue weighted by atomic mass is 79.9. The van der Waals surface area contributed by atoms with Crippen LogP contribution in [0, 0.1) is 6.92 Å². The number of hydrogen-bond donors (Lipinski definition) is 0. The summed E-state index contributed by atoms with van der Waals surface area (Å²) in [6.45, 7) is 5.18. The normalized spacial score (nSPS) is 12.0. The van der Waals surface area contributed by atoms with Crippen molar-refractivity contribution >= 4 is 15.9 Å². The first kappa shape index (κ1) is 13.4. The Kier molecular flexibility index (Phi) is 3.94. The highest BCUT2D eigenvalue weighted by Crippen LogP contribution is 2.35. The molecule has 0 aliphatic heterocycles. The van der Waals surface area contributed by atoms with E-state index in [0.29, 0.717) is 10.0 Å². The highest BCUT2D eigenvalue weighted by molar-refractivity contribution is 9.10. The molecule has 0 unspecified atom stereocenters. The first-order chi connectivity index (χ1) is 7.21. The maximum absolute atomic E-state index is 12.2. The van der Waals surface area contributed by atoms with Crippen LogP contribution in [-0.4, -0.2) is 6.61 Å². The Morgan fingerprint density at radius 1 is 1.25 bits per heavy atom. The van der Waals surface area contributed by atoms with Crippen LogP contribution in [0.5, 0.6) is 5.75 Å². The van der Waals surface area contributed by atoms with E-state index in [9.17, 15) is 8.78 Å². The van der Waals surface area contributed by atoms with Gasteiger partial charge >= 0.3 is 6.61 Å². The van der Waals surface area contributed by atoms with E-state index in [2.05, 4.69) is 41.4 Å². The van der Waals surface area contributed by atoms with Gasteiger partial charge < -0.3 is 4.74 Å². The summed E-state index contributed by atoms with van der Waals surface area (Å²) in [7, 11) is 0. The van der Waals surface area contributed by atoms with Crippen molar-refractivity contribution in [1.29, 1.82) is 0 Å². The minimum absolute atomic E-state index is 0.0172. The second kappa shape index (κ2) is 4.70. The lowest BCUT2D eigenvalue weighted by molar-refractivity contribution is -0.0508. The third kappa shape index (κ3) is 3.17. The van der Waals surface area contributed by atoms with Crippen molar-refractivity contribution in [2.75, 3.05) is 0 Å². The molecule has 0 aliphatic rings. The molecule has 0 spiro atoms. The van der Waals surface area contributed by atoms with Crippen molar-refractivity contribution in [2.24, 2.45) is 0 Å². The van der Waals surface area contributed by atoms with Crippen LogP contribution in [0.3, 0.4) is 0 Å². The zero-order valence-electron chi connectivity index (χ0n) is 9.77. The van der Waals surface area contributed by atoms with Gasteiger partial charge in [0.25, 0.3) is 0 Å². The molecule has 0 bridgehead atoms. The van der Waals surface area contributed by atoms with Gasteiger partial charge in [0.1, 0.15) is 5.75 Å². The van der Waals surface area contributed by atoms with E-state index in [-0.39, 0.29) is 11.2 Å². The molecule has 0 radical (unpaired) electrons. The number of halogens is 3. The number of alkyl halides is 2. The summed E-state index contributed by atoms with van der Waals surface area (Å²) < 4.78 is 29.4. The lowest BCUT2D eigenvalue weighted by Crippen LogP contribution is -2.12. The van der Waals surface area contributed by atoms with Crippen LogP contribution in [0.2, 0.25) is 0 Å². The quantitative estimate of drug-likeness (QED) is 0.770. The molecule has 0 atom stereocenters. The SMILES string of the molecule is Cc1cc(C(C)(C)C)cc(Br)c1OC(F)F. The summed E-state index contributed by atoms with van der Waals surface area (Å²) in [6.07, 6.45) is 0. The van der Waals surface area contributed by atoms with E-state index < -0.39 is 6.61 Å². The van der Waals surface area contributed by atoms with Gasteiger partial charge in [-0.3, -0.25) is 0 Å². The molecule has 16 heavy (non-hydrogen) atoms. The molecule has 0 fully saturated rings. The molecular formula is C12H15BrF2O. The molecule has 1 aromatic carbocycles. The molecule has 90 valence electrons. The van der Waals surface area contributed by atoms with E-state index in [0.717, 1.165) is 5.56 Å². The van der Waals surface area contributed by atoms with Gasteiger partial charge in [-0.05, 0) is 45.5 Å². The van der Waals surface area contributed by atoms with Gasteiger partial charge in [0.15, 0.2) is 0 Å². The zero-order valence-corrected chi connectivity index (χ0v) is 11.4. The molecule has 1 rings (SSSR count). The van der Waals surface area contributed by atoms with Crippen molar-refractivity contribution in [1.82, 2.24) is 0 Å². The van der Waals surface area contributed by atoms with Crippen LogP contribution < -0.4 is 4.74 Å². The third-order valence-corrected chi connectivity index (χ3v) is 2.89. The number of hydrogen-bond acceptors (Lipinski definition) is 1. The Bertz CT molecular complexity index is 360. The second-order valence-electron chi connectivity index (χ2n) is 4.73. The summed E-state index contributed by atoms with van der Waals surface area (Å²) in [6, 6.07) is 3.70. The van der Waals surface area contributed by atoms with Gasteiger partial charge in [-0.25, -0.2) is 0 Å². The number of ether oxygens (including phenoxy) is 1. The molecule has 1 nitrogen and oxygen atoms in total. The Hall–Kier alpha value is -0.640. The summed E-state index contributed by atoms with van der Waals surface area (Å²) in [4.78, 5) is 0. The summed E-state index contributed by atoms with van der Waals surface area (Å²) in [5.41, 5.74) is 1.77. The smallest absolute Gasteiger partial charge is 0.387 e. The predicted molar refractivity (Wildman–Crippen MR) is 64.2 cm³/mol. The highest BCUT2D eigenvalue weighted by Gasteiger charge is 2.18. The van der Waals surface area contributed by atoms with Gasteiger partial charge in [0.05, 0.1) is 4.47 Å². The predicted octanol–water partition coefficient (Wildman–Crippen LogP) is 4.66. The lowest BCUT2D eigenvalue weighted by Gasteiger charge is -2.21. The molecular weight excluding hydrogens is 278 g/mol. The summed E-state index contributed by atoms with van der Waals surface area (Å²) in [5.74, 6) is 0.211. The van der Waals surface area contributed by atoms with E-state index in [1.54, 1.807) is 6.92 Å². The number of aryl methyl sites for hydroxylation is 1. The molecule has 0 saturated carbocycles. The van der Waals surface area contributed by atoms with Crippen molar-refractivity contribution in [2.45, 2.75) is 39.7 Å². The Morgan fingerprint density at radius 2 is 1.81 bits per heavy atom. The van der Waals surface area contributed by atoms with Crippen molar-refractivity contribution in [3.8, 4) is 5.75 Å². The average molecular weight is 293 g/mol. The van der Waals surface area contributed by atoms with Crippen molar-refractivity contribution in [3.05, 3.63) is 27.7 Å². The fraction of sp³-hybridized carbons (Fsp3) is 0.500. The standard InChI is InChI=1S/C12H15BrF2O/c1-7-5-8(12(2,3)4)6-9(13)10(7)16-11(14)15/h5-6,11H,1-4H3. The van der Waals surface area contributed by atoms with Crippen LogP contribution in [0.1, 0.15) is 31.9 Å². The molecule has 0 saturated heterocycles. The molecule has 0 amide bonds. The molecule has 1 aromatic rings. The zero-order chi connectivity index (χ0) is 12.5. The van der Waals surface area contributed by atoms with Gasteiger partial charge in [-0.1, -0.05) is 26.8 Å². The topological polar surface area (TPSA) is 9.23 Å². The average Bonchev–Trinajstić information content (AvgIpc) is 2.09. The van der Waals surface area contributed by atoms with E-state index in [1.165, 1.54) is 0 Å².